The van der Waals surface area contributed by atoms with Crippen molar-refractivity contribution in [1.29, 1.82) is 0 Å². The van der Waals surface area contributed by atoms with Gasteiger partial charge in [-0.3, -0.25) is 13.7 Å². The molecule has 0 aliphatic heterocycles. The molecule has 126 valence electrons. The number of nitrogens with two attached hydrogens (primary N) is 1. The molecular weight excluding hydrogens is 374 g/mol. The second-order valence-electron chi connectivity index (χ2n) is 4.43. The van der Waals surface area contributed by atoms with E-state index in [-0.39, 0.29) is 11.8 Å². The molecule has 0 amide bonds. The molecule has 0 saturated carbocycles. The van der Waals surface area contributed by atoms with Crippen molar-refractivity contribution in [1.82, 2.24) is 0 Å². The summed E-state index contributed by atoms with van der Waals surface area (Å²) in [4.78, 5) is -3.65. The maximum Gasteiger partial charge on any atom is 0.296 e. The van der Waals surface area contributed by atoms with E-state index in [2.05, 4.69) is 0 Å². The summed E-state index contributed by atoms with van der Waals surface area (Å²) in [6.45, 7) is 0. The standard InChI is InChI=1S/C10H9NO9S3/c11-5-1-2-6-7(3-5)10(23(18,19)20)9(22(15,16)17)4-8(6)21(12,13)14/h1-4H,11H2,(H,12,13,14)(H,15,16,17)(H,18,19,20). The Bertz CT molecular complexity index is 1130. The van der Waals surface area contributed by atoms with Gasteiger partial charge in [0.1, 0.15) is 14.7 Å². The van der Waals surface area contributed by atoms with Crippen LogP contribution in [0.2, 0.25) is 0 Å². The van der Waals surface area contributed by atoms with Crippen LogP contribution in [-0.2, 0) is 30.4 Å². The van der Waals surface area contributed by atoms with E-state index in [0.717, 1.165) is 18.2 Å². The molecule has 0 spiro atoms. The largest absolute Gasteiger partial charge is 0.399 e. The van der Waals surface area contributed by atoms with Crippen molar-refractivity contribution in [3.8, 4) is 0 Å². The minimum atomic E-state index is -5.26. The van der Waals surface area contributed by atoms with Crippen molar-refractivity contribution >= 4 is 46.8 Å². The lowest BCUT2D eigenvalue weighted by atomic mass is 10.1. The van der Waals surface area contributed by atoms with Gasteiger partial charge in [0.2, 0.25) is 0 Å². The van der Waals surface area contributed by atoms with Gasteiger partial charge < -0.3 is 5.73 Å². The maximum absolute atomic E-state index is 11.5. The van der Waals surface area contributed by atoms with Crippen LogP contribution in [0, 0.1) is 0 Å². The molecule has 0 unspecified atom stereocenters. The van der Waals surface area contributed by atoms with Gasteiger partial charge in [0.15, 0.2) is 0 Å². The molecule has 2 aromatic rings. The van der Waals surface area contributed by atoms with Gasteiger partial charge in [0, 0.05) is 16.5 Å². The number of hydrogen-bond donors (Lipinski definition) is 4. The molecule has 2 rings (SSSR count). The second-order valence-corrected chi connectivity index (χ2v) is 8.57. The average molecular weight is 383 g/mol. The average Bonchev–Trinajstić information content (AvgIpc) is 2.32. The van der Waals surface area contributed by atoms with Crippen molar-refractivity contribution in [3.63, 3.8) is 0 Å². The lowest BCUT2D eigenvalue weighted by molar-refractivity contribution is 0.466. The van der Waals surface area contributed by atoms with Gasteiger partial charge in [-0.05, 0) is 18.2 Å². The van der Waals surface area contributed by atoms with Crippen LogP contribution in [0.15, 0.2) is 39.0 Å². The Balaban J connectivity index is 3.31. The molecule has 0 aromatic heterocycles. The van der Waals surface area contributed by atoms with Crippen molar-refractivity contribution < 1.29 is 38.9 Å². The minimum absolute atomic E-state index is 0.0869. The summed E-state index contributed by atoms with van der Waals surface area (Å²) in [5, 5.41) is -1.02. The van der Waals surface area contributed by atoms with Gasteiger partial charge in [0.25, 0.3) is 30.4 Å². The first-order chi connectivity index (χ1) is 10.2. The summed E-state index contributed by atoms with van der Waals surface area (Å²) in [5.74, 6) is 0. The SMILES string of the molecule is Nc1ccc2c(S(=O)(=O)O)cc(S(=O)(=O)O)c(S(=O)(=O)O)c2c1. The van der Waals surface area contributed by atoms with Crippen LogP contribution in [0.1, 0.15) is 0 Å². The van der Waals surface area contributed by atoms with Crippen LogP contribution in [0.25, 0.3) is 10.8 Å². The number of benzene rings is 2. The highest BCUT2D eigenvalue weighted by molar-refractivity contribution is 7.89. The Morgan fingerprint density at radius 3 is 1.65 bits per heavy atom. The summed E-state index contributed by atoms with van der Waals surface area (Å²) < 4.78 is 96.2. The second kappa shape index (κ2) is 5.12. The van der Waals surface area contributed by atoms with Crippen LogP contribution in [0.5, 0.6) is 0 Å². The quantitative estimate of drug-likeness (QED) is 0.419. The van der Waals surface area contributed by atoms with Crippen LogP contribution < -0.4 is 5.73 Å². The predicted molar refractivity (Wildman–Crippen MR) is 77.8 cm³/mol. The molecule has 5 N–H and O–H groups in total. The van der Waals surface area contributed by atoms with E-state index in [1.807, 2.05) is 0 Å². The van der Waals surface area contributed by atoms with Crippen molar-refractivity contribution in [2.75, 3.05) is 5.73 Å². The summed E-state index contributed by atoms with van der Waals surface area (Å²) in [5.41, 5.74) is 5.37. The molecule has 0 atom stereocenters. The van der Waals surface area contributed by atoms with E-state index in [1.54, 1.807) is 0 Å². The normalized spacial score (nSPS) is 13.3. The Kier molecular flexibility index (Phi) is 3.91. The van der Waals surface area contributed by atoms with Crippen molar-refractivity contribution in [2.45, 2.75) is 14.7 Å². The molecule has 0 fully saturated rings. The zero-order valence-electron chi connectivity index (χ0n) is 10.9. The fourth-order valence-corrected chi connectivity index (χ4v) is 4.83. The Labute approximate surface area is 130 Å². The Morgan fingerprint density at radius 2 is 1.22 bits per heavy atom. The summed E-state index contributed by atoms with van der Waals surface area (Å²) >= 11 is 0. The molecular formula is C10H9NO9S3. The summed E-state index contributed by atoms with van der Waals surface area (Å²) in [6, 6.07) is 3.28. The lowest BCUT2D eigenvalue weighted by Crippen LogP contribution is -2.12. The first kappa shape index (κ1) is 17.6. The number of anilines is 1. The minimum Gasteiger partial charge on any atom is -0.399 e. The lowest BCUT2D eigenvalue weighted by Gasteiger charge is -2.12. The van der Waals surface area contributed by atoms with Gasteiger partial charge >= 0.3 is 0 Å². The van der Waals surface area contributed by atoms with E-state index >= 15 is 0 Å². The third-order valence-corrected chi connectivity index (χ3v) is 5.71. The van der Waals surface area contributed by atoms with E-state index in [4.69, 9.17) is 10.3 Å². The number of fused-ring (bicyclic) bond motifs is 1. The summed E-state index contributed by atoms with van der Waals surface area (Å²) in [6.07, 6.45) is 0. The molecule has 0 heterocycles. The fraction of sp³-hybridized carbons (Fsp3) is 0. The van der Waals surface area contributed by atoms with Crippen LogP contribution in [0.3, 0.4) is 0 Å². The third-order valence-electron chi connectivity index (χ3n) is 2.85. The fourth-order valence-electron chi connectivity index (χ4n) is 2.03. The number of hydrogen-bond acceptors (Lipinski definition) is 7. The molecule has 0 aliphatic rings. The Hall–Kier alpha value is -1.77. The molecule has 2 aromatic carbocycles. The zero-order valence-corrected chi connectivity index (χ0v) is 13.4. The molecule has 23 heavy (non-hydrogen) atoms. The van der Waals surface area contributed by atoms with E-state index in [0.29, 0.717) is 0 Å². The smallest absolute Gasteiger partial charge is 0.296 e. The number of nitrogen functional groups attached to an aromatic ring is 1. The highest BCUT2D eigenvalue weighted by Gasteiger charge is 2.31. The van der Waals surface area contributed by atoms with Gasteiger partial charge in [-0.2, -0.15) is 25.3 Å². The first-order valence-electron chi connectivity index (χ1n) is 5.51. The number of rotatable bonds is 3. The van der Waals surface area contributed by atoms with Crippen molar-refractivity contribution in [3.05, 3.63) is 24.3 Å². The maximum atomic E-state index is 11.5. The predicted octanol–water partition coefficient (Wildman–Crippen LogP) is 0.162. The topological polar surface area (TPSA) is 189 Å². The monoisotopic (exact) mass is 383 g/mol. The van der Waals surface area contributed by atoms with E-state index in [1.165, 1.54) is 0 Å². The molecule has 0 radical (unpaired) electrons. The van der Waals surface area contributed by atoms with Crippen LogP contribution >= 0.6 is 0 Å². The van der Waals surface area contributed by atoms with Gasteiger partial charge in [-0.15, -0.1) is 0 Å². The van der Waals surface area contributed by atoms with E-state index in [9.17, 15) is 34.4 Å². The molecule has 10 nitrogen and oxygen atoms in total. The molecule has 0 saturated heterocycles. The van der Waals surface area contributed by atoms with Gasteiger partial charge in [0.05, 0.1) is 0 Å². The highest BCUT2D eigenvalue weighted by atomic mass is 32.2. The Morgan fingerprint density at radius 1 is 0.696 bits per heavy atom. The van der Waals surface area contributed by atoms with Crippen LogP contribution in [-0.4, -0.2) is 38.9 Å². The highest BCUT2D eigenvalue weighted by Crippen LogP contribution is 2.35. The van der Waals surface area contributed by atoms with Crippen LogP contribution in [0.4, 0.5) is 5.69 Å². The molecule has 13 heteroatoms. The van der Waals surface area contributed by atoms with Crippen molar-refractivity contribution in [2.24, 2.45) is 0 Å². The van der Waals surface area contributed by atoms with Gasteiger partial charge in [-0.25, -0.2) is 0 Å². The third kappa shape index (κ3) is 3.29. The summed E-state index contributed by atoms with van der Waals surface area (Å²) in [7, 11) is -15.4. The van der Waals surface area contributed by atoms with Gasteiger partial charge in [-0.1, -0.05) is 6.07 Å². The zero-order chi connectivity index (χ0) is 17.8. The molecule has 0 bridgehead atoms. The first-order valence-corrected chi connectivity index (χ1v) is 9.83. The van der Waals surface area contributed by atoms with E-state index < -0.39 is 55.8 Å². The molecule has 0 aliphatic carbocycles.